The Morgan fingerprint density at radius 3 is 2.09 bits per heavy atom. The van der Waals surface area contributed by atoms with Gasteiger partial charge in [0.15, 0.2) is 0 Å². The van der Waals surface area contributed by atoms with E-state index in [-0.39, 0.29) is 18.0 Å². The number of aliphatic hydroxyl groups is 1. The second kappa shape index (κ2) is 6.23. The number of rotatable bonds is 3. The number of benzene rings is 2. The van der Waals surface area contributed by atoms with E-state index in [1.807, 2.05) is 19.1 Å². The lowest BCUT2D eigenvalue weighted by atomic mass is 9.71. The van der Waals surface area contributed by atoms with Crippen molar-refractivity contribution in [1.29, 1.82) is 0 Å². The summed E-state index contributed by atoms with van der Waals surface area (Å²) >= 11 is 0. The Balaban J connectivity index is 1.95. The van der Waals surface area contributed by atoms with Crippen LogP contribution in [0.3, 0.4) is 0 Å². The van der Waals surface area contributed by atoms with Crippen molar-refractivity contribution in [2.45, 2.75) is 44.4 Å². The molecule has 0 aromatic heterocycles. The minimum absolute atomic E-state index is 0.181. The molecule has 0 spiro atoms. The van der Waals surface area contributed by atoms with Gasteiger partial charge in [0.25, 0.3) is 0 Å². The van der Waals surface area contributed by atoms with Gasteiger partial charge in [-0.25, -0.2) is 0 Å². The van der Waals surface area contributed by atoms with Gasteiger partial charge in [0.2, 0.25) is 0 Å². The van der Waals surface area contributed by atoms with E-state index in [4.69, 9.17) is 0 Å². The molecule has 22 heavy (non-hydrogen) atoms. The molecule has 2 nitrogen and oxygen atoms in total. The number of hydrogen-bond acceptors (Lipinski definition) is 2. The highest BCUT2D eigenvalue weighted by Gasteiger charge is 2.44. The van der Waals surface area contributed by atoms with E-state index in [9.17, 15) is 5.11 Å². The molecular weight excluding hydrogens is 270 g/mol. The Labute approximate surface area is 133 Å². The minimum atomic E-state index is -0.666. The highest BCUT2D eigenvalue weighted by atomic mass is 16.3. The van der Waals surface area contributed by atoms with Crippen LogP contribution < -0.4 is 5.32 Å². The monoisotopic (exact) mass is 295 g/mol. The van der Waals surface area contributed by atoms with Crippen LogP contribution in [0.4, 0.5) is 0 Å². The predicted molar refractivity (Wildman–Crippen MR) is 90.5 cm³/mol. The van der Waals surface area contributed by atoms with Crippen molar-refractivity contribution in [3.8, 4) is 0 Å². The summed E-state index contributed by atoms with van der Waals surface area (Å²) in [6, 6.07) is 21.3. The molecule has 0 aliphatic carbocycles. The van der Waals surface area contributed by atoms with Gasteiger partial charge < -0.3 is 10.4 Å². The molecule has 3 rings (SSSR count). The molecule has 116 valence electrons. The zero-order valence-corrected chi connectivity index (χ0v) is 13.4. The summed E-state index contributed by atoms with van der Waals surface area (Å²) in [6.45, 7) is 4.16. The maximum atomic E-state index is 11.1. The summed E-state index contributed by atoms with van der Waals surface area (Å²) in [5.41, 5.74) is 1.84. The van der Waals surface area contributed by atoms with Gasteiger partial charge in [-0.3, -0.25) is 0 Å². The molecule has 1 aliphatic heterocycles. The van der Waals surface area contributed by atoms with Gasteiger partial charge in [-0.1, -0.05) is 67.6 Å². The second-order valence-electron chi connectivity index (χ2n) is 6.59. The molecule has 1 heterocycles. The molecule has 1 saturated heterocycles. The fraction of sp³-hybridized carbons (Fsp3) is 0.400. The third-order valence-corrected chi connectivity index (χ3v) is 5.00. The van der Waals surface area contributed by atoms with Crippen LogP contribution in [0.2, 0.25) is 0 Å². The fourth-order valence-corrected chi connectivity index (χ4v) is 3.88. The average Bonchev–Trinajstić information content (AvgIpc) is 2.55. The van der Waals surface area contributed by atoms with Crippen molar-refractivity contribution in [1.82, 2.24) is 5.32 Å². The van der Waals surface area contributed by atoms with Gasteiger partial charge in [0, 0.05) is 18.0 Å². The number of hydrogen-bond donors (Lipinski definition) is 2. The first kappa shape index (κ1) is 15.3. The molecule has 2 N–H and O–H groups in total. The van der Waals surface area contributed by atoms with Crippen LogP contribution in [0.25, 0.3) is 0 Å². The molecule has 0 saturated carbocycles. The molecule has 0 amide bonds. The van der Waals surface area contributed by atoms with Crippen molar-refractivity contribution >= 4 is 0 Å². The third-order valence-electron chi connectivity index (χ3n) is 5.00. The topological polar surface area (TPSA) is 32.3 Å². The first-order valence-corrected chi connectivity index (χ1v) is 8.20. The number of piperidine rings is 1. The van der Waals surface area contributed by atoms with Gasteiger partial charge in [-0.15, -0.1) is 0 Å². The number of nitrogens with one attached hydrogen (secondary N) is 1. The van der Waals surface area contributed by atoms with E-state index in [1.54, 1.807) is 0 Å². The molecule has 2 heteroatoms. The van der Waals surface area contributed by atoms with Gasteiger partial charge in [-0.2, -0.15) is 0 Å². The van der Waals surface area contributed by atoms with Gasteiger partial charge in [-0.05, 0) is 30.9 Å². The highest BCUT2D eigenvalue weighted by Crippen LogP contribution is 2.44. The molecule has 0 radical (unpaired) electrons. The SMILES string of the molecule is CC[C@H]1[C@H](c2ccccc2)N[C@H](c2ccccc2)C[C@@]1(C)O. The Kier molecular flexibility index (Phi) is 4.32. The first-order valence-electron chi connectivity index (χ1n) is 8.20. The average molecular weight is 295 g/mol. The van der Waals surface area contributed by atoms with Gasteiger partial charge in [0.05, 0.1) is 5.60 Å². The van der Waals surface area contributed by atoms with Crippen LogP contribution in [0.5, 0.6) is 0 Å². The molecular formula is C20H25NO. The molecule has 0 bridgehead atoms. The Hall–Kier alpha value is -1.64. The minimum Gasteiger partial charge on any atom is -0.390 e. The van der Waals surface area contributed by atoms with Gasteiger partial charge in [0.1, 0.15) is 0 Å². The molecule has 2 aromatic carbocycles. The summed E-state index contributed by atoms with van der Waals surface area (Å²) in [4.78, 5) is 0. The molecule has 4 atom stereocenters. The third kappa shape index (κ3) is 2.94. The van der Waals surface area contributed by atoms with E-state index in [2.05, 4.69) is 60.8 Å². The molecule has 2 aromatic rings. The predicted octanol–water partition coefficient (Wildman–Crippen LogP) is 4.24. The maximum Gasteiger partial charge on any atom is 0.0684 e. The Morgan fingerprint density at radius 2 is 1.55 bits per heavy atom. The van der Waals surface area contributed by atoms with Crippen LogP contribution in [-0.2, 0) is 0 Å². The van der Waals surface area contributed by atoms with E-state index < -0.39 is 5.60 Å². The summed E-state index contributed by atoms with van der Waals surface area (Å²) in [5.74, 6) is 0.217. The van der Waals surface area contributed by atoms with Crippen LogP contribution in [0.15, 0.2) is 60.7 Å². The Morgan fingerprint density at radius 1 is 1.00 bits per heavy atom. The molecule has 1 fully saturated rings. The first-order chi connectivity index (χ1) is 10.6. The van der Waals surface area contributed by atoms with Crippen molar-refractivity contribution in [3.05, 3.63) is 71.8 Å². The standard InChI is InChI=1S/C20H25NO/c1-3-17-19(16-12-8-5-9-13-16)21-18(14-20(17,2)22)15-10-6-4-7-11-15/h4-13,17-19,21-22H,3,14H2,1-2H3/t17-,18-,19-,20+/m0/s1. The fourth-order valence-electron chi connectivity index (χ4n) is 3.88. The van der Waals surface area contributed by atoms with Gasteiger partial charge >= 0.3 is 0 Å². The quantitative estimate of drug-likeness (QED) is 0.887. The van der Waals surface area contributed by atoms with Crippen molar-refractivity contribution < 1.29 is 5.11 Å². The van der Waals surface area contributed by atoms with Crippen LogP contribution >= 0.6 is 0 Å². The smallest absolute Gasteiger partial charge is 0.0684 e. The maximum absolute atomic E-state index is 11.1. The Bertz CT molecular complexity index is 594. The lowest BCUT2D eigenvalue weighted by Crippen LogP contribution is -2.51. The summed E-state index contributed by atoms with van der Waals surface area (Å²) in [6.07, 6.45) is 1.71. The summed E-state index contributed by atoms with van der Waals surface area (Å²) < 4.78 is 0. The van der Waals surface area contributed by atoms with Crippen LogP contribution in [-0.4, -0.2) is 10.7 Å². The van der Waals surface area contributed by atoms with E-state index >= 15 is 0 Å². The van der Waals surface area contributed by atoms with Crippen molar-refractivity contribution in [2.24, 2.45) is 5.92 Å². The lowest BCUT2D eigenvalue weighted by Gasteiger charge is -2.47. The second-order valence-corrected chi connectivity index (χ2v) is 6.59. The van der Waals surface area contributed by atoms with E-state index in [0.717, 1.165) is 12.8 Å². The largest absolute Gasteiger partial charge is 0.390 e. The lowest BCUT2D eigenvalue weighted by molar-refractivity contribution is -0.0616. The zero-order chi connectivity index (χ0) is 15.6. The van der Waals surface area contributed by atoms with Crippen LogP contribution in [0.1, 0.15) is 49.9 Å². The summed E-state index contributed by atoms with van der Waals surface area (Å²) in [5, 5.41) is 14.8. The zero-order valence-electron chi connectivity index (χ0n) is 13.4. The molecule has 0 unspecified atom stereocenters. The van der Waals surface area contributed by atoms with Crippen molar-refractivity contribution in [3.63, 3.8) is 0 Å². The normalized spacial score (nSPS) is 31.9. The van der Waals surface area contributed by atoms with Crippen molar-refractivity contribution in [2.75, 3.05) is 0 Å². The molecule has 1 aliphatic rings. The van der Waals surface area contributed by atoms with E-state index in [0.29, 0.717) is 0 Å². The highest BCUT2D eigenvalue weighted by molar-refractivity contribution is 5.26. The van der Waals surface area contributed by atoms with Crippen LogP contribution in [0, 0.1) is 5.92 Å². The summed E-state index contributed by atoms with van der Waals surface area (Å²) in [7, 11) is 0. The van der Waals surface area contributed by atoms with E-state index in [1.165, 1.54) is 11.1 Å².